The molecule has 4 heteroatoms. The average molecular weight is 338 g/mol. The third-order valence-electron chi connectivity index (χ3n) is 5.04. The van der Waals surface area contributed by atoms with Crippen molar-refractivity contribution in [2.75, 3.05) is 0 Å². The molecule has 0 bridgehead atoms. The van der Waals surface area contributed by atoms with Crippen LogP contribution in [-0.4, -0.2) is 28.1 Å². The molecule has 1 aliphatic carbocycles. The number of aliphatic carboxylic acids is 1. The van der Waals surface area contributed by atoms with E-state index in [2.05, 4.69) is 19.1 Å². The Kier molecular flexibility index (Phi) is 10.6. The quantitative estimate of drug-likeness (QED) is 0.383. The number of carbonyl (C=O) groups is 2. The van der Waals surface area contributed by atoms with Gasteiger partial charge >= 0.3 is 5.97 Å². The highest BCUT2D eigenvalue weighted by Gasteiger charge is 2.40. The molecule has 0 spiro atoms. The van der Waals surface area contributed by atoms with Crippen molar-refractivity contribution in [2.24, 2.45) is 11.8 Å². The number of hydrogen-bond donors (Lipinski definition) is 2. The molecule has 0 aromatic heterocycles. The maximum absolute atomic E-state index is 12.0. The van der Waals surface area contributed by atoms with Gasteiger partial charge in [-0.2, -0.15) is 0 Å². The van der Waals surface area contributed by atoms with Gasteiger partial charge in [-0.1, -0.05) is 51.2 Å². The predicted molar refractivity (Wildman–Crippen MR) is 95.8 cm³/mol. The van der Waals surface area contributed by atoms with E-state index in [4.69, 9.17) is 5.11 Å². The number of carboxylic acids is 1. The van der Waals surface area contributed by atoms with Crippen LogP contribution in [0.5, 0.6) is 0 Å². The molecule has 138 valence electrons. The van der Waals surface area contributed by atoms with Crippen LogP contribution >= 0.6 is 0 Å². The molecule has 24 heavy (non-hydrogen) atoms. The lowest BCUT2D eigenvalue weighted by Crippen LogP contribution is -2.20. The van der Waals surface area contributed by atoms with Gasteiger partial charge in [-0.3, -0.25) is 9.59 Å². The Morgan fingerprint density at radius 1 is 1.12 bits per heavy atom. The minimum atomic E-state index is -0.823. The highest BCUT2D eigenvalue weighted by atomic mass is 16.4. The molecule has 0 aromatic carbocycles. The number of rotatable bonds is 13. The van der Waals surface area contributed by atoms with Crippen LogP contribution in [0.25, 0.3) is 0 Å². The number of carbonyl (C=O) groups excluding carboxylic acids is 1. The van der Waals surface area contributed by atoms with Crippen LogP contribution in [0.2, 0.25) is 0 Å². The van der Waals surface area contributed by atoms with Crippen molar-refractivity contribution in [3.05, 3.63) is 12.2 Å². The van der Waals surface area contributed by atoms with Gasteiger partial charge in [0.15, 0.2) is 0 Å². The summed E-state index contributed by atoms with van der Waals surface area (Å²) in [5.41, 5.74) is 0. The van der Waals surface area contributed by atoms with E-state index < -0.39 is 12.1 Å². The third-order valence-corrected chi connectivity index (χ3v) is 5.04. The smallest absolute Gasteiger partial charge is 0.303 e. The number of unbranched alkanes of at least 4 members (excludes halogenated alkanes) is 6. The molecule has 0 saturated heterocycles. The summed E-state index contributed by atoms with van der Waals surface area (Å²) < 4.78 is 0. The molecule has 0 heterocycles. The van der Waals surface area contributed by atoms with Crippen molar-refractivity contribution in [1.82, 2.24) is 0 Å². The lowest BCUT2D eigenvalue weighted by Gasteiger charge is -2.19. The van der Waals surface area contributed by atoms with Crippen LogP contribution in [0.15, 0.2) is 12.2 Å². The summed E-state index contributed by atoms with van der Waals surface area (Å²) >= 11 is 0. The highest BCUT2D eigenvalue weighted by Crippen LogP contribution is 2.35. The van der Waals surface area contributed by atoms with Crippen molar-refractivity contribution < 1.29 is 19.8 Å². The molecule has 2 N–H and O–H groups in total. The minimum Gasteiger partial charge on any atom is -0.481 e. The SMILES string of the molecule is CCCCCCCCC=CC[C@H]1[C@H](O)CC(=O)[C@@H]1CCCC(=O)O. The number of aliphatic hydroxyl groups is 1. The van der Waals surface area contributed by atoms with Gasteiger partial charge in [0.2, 0.25) is 0 Å². The Balaban J connectivity index is 2.25. The fourth-order valence-corrected chi connectivity index (χ4v) is 3.60. The molecule has 3 atom stereocenters. The molecule has 1 rings (SSSR count). The first-order valence-electron chi connectivity index (χ1n) is 9.63. The molecule has 1 fully saturated rings. The standard InChI is InChI=1S/C20H34O4/c1-2-3-4-5-6-7-8-9-10-12-16-17(13-11-14-20(23)24)19(22)15-18(16)21/h9-10,16-18,21H,2-8,11-15H2,1H3,(H,23,24)/t16-,17-,18-/m1/s1. The van der Waals surface area contributed by atoms with Gasteiger partial charge < -0.3 is 10.2 Å². The Bertz CT molecular complexity index is 402. The molecule has 0 radical (unpaired) electrons. The first-order valence-corrected chi connectivity index (χ1v) is 9.63. The first-order chi connectivity index (χ1) is 11.6. The van der Waals surface area contributed by atoms with Crippen molar-refractivity contribution in [1.29, 1.82) is 0 Å². The zero-order valence-corrected chi connectivity index (χ0v) is 15.1. The Labute approximate surface area is 146 Å². The topological polar surface area (TPSA) is 74.6 Å². The fraction of sp³-hybridized carbons (Fsp3) is 0.800. The van der Waals surface area contributed by atoms with Gasteiger partial charge in [0.25, 0.3) is 0 Å². The van der Waals surface area contributed by atoms with Gasteiger partial charge in [-0.25, -0.2) is 0 Å². The molecule has 0 amide bonds. The minimum absolute atomic E-state index is 0.0351. The molecule has 0 aromatic rings. The van der Waals surface area contributed by atoms with E-state index in [-0.39, 0.29) is 30.5 Å². The van der Waals surface area contributed by atoms with Crippen LogP contribution in [0.3, 0.4) is 0 Å². The number of allylic oxidation sites excluding steroid dienone is 2. The molecule has 4 nitrogen and oxygen atoms in total. The number of carboxylic acid groups (broad SMARTS) is 1. The normalized spacial score (nSPS) is 24.1. The molecule has 0 aliphatic heterocycles. The third kappa shape index (κ3) is 8.09. The second-order valence-corrected chi connectivity index (χ2v) is 7.06. The second kappa shape index (κ2) is 12.2. The zero-order valence-electron chi connectivity index (χ0n) is 15.1. The van der Waals surface area contributed by atoms with E-state index in [1.54, 1.807) is 0 Å². The average Bonchev–Trinajstić information content (AvgIpc) is 2.79. The summed E-state index contributed by atoms with van der Waals surface area (Å²) in [6, 6.07) is 0. The van der Waals surface area contributed by atoms with Crippen molar-refractivity contribution in [3.8, 4) is 0 Å². The largest absolute Gasteiger partial charge is 0.481 e. The Hall–Kier alpha value is -1.16. The summed E-state index contributed by atoms with van der Waals surface area (Å²) in [5, 5.41) is 18.8. The molecule has 1 saturated carbocycles. The lowest BCUT2D eigenvalue weighted by molar-refractivity contribution is -0.137. The molecular weight excluding hydrogens is 304 g/mol. The van der Waals surface area contributed by atoms with Crippen molar-refractivity contribution in [2.45, 2.75) is 90.1 Å². The van der Waals surface area contributed by atoms with Crippen molar-refractivity contribution >= 4 is 11.8 Å². The van der Waals surface area contributed by atoms with E-state index >= 15 is 0 Å². The van der Waals surface area contributed by atoms with Gasteiger partial charge in [0.05, 0.1) is 6.10 Å². The summed E-state index contributed by atoms with van der Waals surface area (Å²) in [4.78, 5) is 22.6. The first kappa shape index (κ1) is 20.9. The van der Waals surface area contributed by atoms with Gasteiger partial charge in [-0.15, -0.1) is 0 Å². The molecular formula is C20H34O4. The second-order valence-electron chi connectivity index (χ2n) is 7.06. The highest BCUT2D eigenvalue weighted by molar-refractivity contribution is 5.84. The summed E-state index contributed by atoms with van der Waals surface area (Å²) in [7, 11) is 0. The van der Waals surface area contributed by atoms with Crippen LogP contribution in [0.4, 0.5) is 0 Å². The Morgan fingerprint density at radius 2 is 1.83 bits per heavy atom. The van der Waals surface area contributed by atoms with Crippen LogP contribution < -0.4 is 0 Å². The van der Waals surface area contributed by atoms with Gasteiger partial charge in [0, 0.05) is 18.8 Å². The van der Waals surface area contributed by atoms with Crippen molar-refractivity contribution in [3.63, 3.8) is 0 Å². The van der Waals surface area contributed by atoms with E-state index in [9.17, 15) is 14.7 Å². The van der Waals surface area contributed by atoms with Crippen LogP contribution in [0.1, 0.15) is 84.0 Å². The monoisotopic (exact) mass is 338 g/mol. The van der Waals surface area contributed by atoms with Crippen LogP contribution in [0, 0.1) is 11.8 Å². The molecule has 0 unspecified atom stereocenters. The number of ketones is 1. The Morgan fingerprint density at radius 3 is 2.54 bits per heavy atom. The summed E-state index contributed by atoms with van der Waals surface area (Å²) in [6.45, 7) is 2.22. The predicted octanol–water partition coefficient (Wildman–Crippen LogP) is 4.50. The maximum Gasteiger partial charge on any atom is 0.303 e. The van der Waals surface area contributed by atoms with E-state index in [0.717, 1.165) is 12.8 Å². The maximum atomic E-state index is 12.0. The number of aliphatic hydroxyl groups excluding tert-OH is 1. The number of Topliss-reactive ketones (excluding diaryl/α,β-unsaturated/α-hetero) is 1. The summed E-state index contributed by atoms with van der Waals surface area (Å²) in [5.74, 6) is -0.927. The molecule has 1 aliphatic rings. The van der Waals surface area contributed by atoms with Gasteiger partial charge in [0.1, 0.15) is 5.78 Å². The van der Waals surface area contributed by atoms with E-state index in [1.807, 2.05) is 0 Å². The van der Waals surface area contributed by atoms with E-state index in [1.165, 1.54) is 38.5 Å². The lowest BCUT2D eigenvalue weighted by atomic mass is 9.87. The zero-order chi connectivity index (χ0) is 17.8. The summed E-state index contributed by atoms with van der Waals surface area (Å²) in [6.07, 6.45) is 14.6. The van der Waals surface area contributed by atoms with E-state index in [0.29, 0.717) is 12.8 Å². The number of hydrogen-bond acceptors (Lipinski definition) is 3. The fourth-order valence-electron chi connectivity index (χ4n) is 3.60. The van der Waals surface area contributed by atoms with Crippen LogP contribution in [-0.2, 0) is 9.59 Å². The van der Waals surface area contributed by atoms with Gasteiger partial charge in [-0.05, 0) is 38.0 Å².